The molecule has 0 fully saturated rings. The molecule has 0 saturated heterocycles. The molecular formula is C9H10BrClMgO. The van der Waals surface area contributed by atoms with E-state index < -0.39 is 0 Å². The Morgan fingerprint density at radius 3 is 2.62 bits per heavy atom. The zero-order chi connectivity index (χ0) is 8.10. The van der Waals surface area contributed by atoms with Crippen molar-refractivity contribution in [3.05, 3.63) is 29.3 Å². The summed E-state index contributed by atoms with van der Waals surface area (Å²) in [5, 5.41) is 0.689. The standard InChI is InChI=1S/C9H10ClO.BrH.Mg/c1-2-7-11-9-5-3-8(10)4-6-9;;/h3-5H,2,7H2,1H3;1H;/q-1;;+2/p-1. The minimum Gasteiger partial charge on any atom is -1.00 e. The summed E-state index contributed by atoms with van der Waals surface area (Å²) in [7, 11) is 0. The Labute approximate surface area is 111 Å². The van der Waals surface area contributed by atoms with Crippen molar-refractivity contribution in [3.8, 4) is 5.75 Å². The van der Waals surface area contributed by atoms with Gasteiger partial charge in [0.15, 0.2) is 0 Å². The van der Waals surface area contributed by atoms with E-state index in [2.05, 4.69) is 13.0 Å². The summed E-state index contributed by atoms with van der Waals surface area (Å²) in [5.74, 6) is 0.760. The van der Waals surface area contributed by atoms with E-state index in [1.165, 1.54) is 0 Å². The van der Waals surface area contributed by atoms with Crippen LogP contribution in [0, 0.1) is 6.07 Å². The van der Waals surface area contributed by atoms with Crippen molar-refractivity contribution in [2.45, 2.75) is 13.3 Å². The molecule has 68 valence electrons. The fraction of sp³-hybridized carbons (Fsp3) is 0.333. The van der Waals surface area contributed by atoms with E-state index in [4.69, 9.17) is 16.3 Å². The van der Waals surface area contributed by atoms with Gasteiger partial charge in [-0.25, -0.2) is 0 Å². The average molecular weight is 274 g/mol. The molecule has 0 spiro atoms. The molecule has 0 atom stereocenters. The number of hydrogen-bond donors (Lipinski definition) is 0. The molecule has 0 aliphatic rings. The maximum absolute atomic E-state index is 5.66. The molecule has 0 bridgehead atoms. The molecule has 13 heavy (non-hydrogen) atoms. The minimum atomic E-state index is 0. The van der Waals surface area contributed by atoms with Gasteiger partial charge in [0.25, 0.3) is 0 Å². The van der Waals surface area contributed by atoms with Gasteiger partial charge < -0.3 is 21.7 Å². The second-order valence-electron chi connectivity index (χ2n) is 2.22. The zero-order valence-electron chi connectivity index (χ0n) is 7.52. The predicted octanol–water partition coefficient (Wildman–Crippen LogP) is -0.448. The largest absolute Gasteiger partial charge is 2.00 e. The molecular weight excluding hydrogens is 264 g/mol. The van der Waals surface area contributed by atoms with Crippen LogP contribution in [-0.2, 0) is 0 Å². The van der Waals surface area contributed by atoms with Crippen molar-refractivity contribution in [2.75, 3.05) is 6.61 Å². The number of hydrogen-bond acceptors (Lipinski definition) is 1. The Morgan fingerprint density at radius 1 is 1.46 bits per heavy atom. The van der Waals surface area contributed by atoms with Crippen molar-refractivity contribution in [1.82, 2.24) is 0 Å². The van der Waals surface area contributed by atoms with Crippen LogP contribution < -0.4 is 21.7 Å². The molecule has 0 unspecified atom stereocenters. The zero-order valence-corrected chi connectivity index (χ0v) is 11.3. The minimum absolute atomic E-state index is 0. The van der Waals surface area contributed by atoms with E-state index in [0.29, 0.717) is 5.02 Å². The monoisotopic (exact) mass is 272 g/mol. The van der Waals surface area contributed by atoms with Crippen LogP contribution in [0.25, 0.3) is 0 Å². The van der Waals surface area contributed by atoms with Crippen molar-refractivity contribution >= 4 is 34.7 Å². The first kappa shape index (κ1) is 16.0. The van der Waals surface area contributed by atoms with Gasteiger partial charge in [0, 0.05) is 5.75 Å². The third-order valence-electron chi connectivity index (χ3n) is 1.21. The topological polar surface area (TPSA) is 9.23 Å². The van der Waals surface area contributed by atoms with Gasteiger partial charge in [-0.1, -0.05) is 11.9 Å². The Kier molecular flexibility index (Phi) is 11.2. The van der Waals surface area contributed by atoms with Gasteiger partial charge >= 0.3 is 23.1 Å². The first-order valence-corrected chi connectivity index (χ1v) is 4.00. The van der Waals surface area contributed by atoms with Gasteiger partial charge in [-0.3, -0.25) is 0 Å². The summed E-state index contributed by atoms with van der Waals surface area (Å²) in [4.78, 5) is 0. The number of benzene rings is 1. The quantitative estimate of drug-likeness (QED) is 0.536. The van der Waals surface area contributed by atoms with Gasteiger partial charge in [0.2, 0.25) is 0 Å². The van der Waals surface area contributed by atoms with Gasteiger partial charge in [-0.15, -0.1) is 12.1 Å². The molecule has 4 heteroatoms. The SMILES string of the molecule is CCCOc1[c-]cc(Cl)cc1.[Br-].[Mg+2]. The molecule has 1 aromatic rings. The molecule has 0 saturated carbocycles. The normalized spacial score (nSPS) is 8.15. The fourth-order valence-corrected chi connectivity index (χ4v) is 0.811. The van der Waals surface area contributed by atoms with Gasteiger partial charge in [0.05, 0.1) is 6.61 Å². The Bertz CT molecular complexity index is 215. The molecule has 0 heterocycles. The molecule has 0 N–H and O–H groups in total. The fourth-order valence-electron chi connectivity index (χ4n) is 0.693. The van der Waals surface area contributed by atoms with Gasteiger partial charge in [0.1, 0.15) is 0 Å². The van der Waals surface area contributed by atoms with Crippen molar-refractivity contribution in [2.24, 2.45) is 0 Å². The molecule has 1 aromatic carbocycles. The Morgan fingerprint density at radius 2 is 2.15 bits per heavy atom. The van der Waals surface area contributed by atoms with Gasteiger partial charge in [-0.2, -0.15) is 23.7 Å². The Hall–Kier alpha value is 0.556. The van der Waals surface area contributed by atoms with E-state index >= 15 is 0 Å². The molecule has 0 aliphatic heterocycles. The predicted molar refractivity (Wildman–Crippen MR) is 51.8 cm³/mol. The third-order valence-corrected chi connectivity index (χ3v) is 1.44. The number of ether oxygens (including phenoxy) is 1. The van der Waals surface area contributed by atoms with Crippen LogP contribution in [0.1, 0.15) is 13.3 Å². The van der Waals surface area contributed by atoms with E-state index in [0.717, 1.165) is 18.8 Å². The second-order valence-corrected chi connectivity index (χ2v) is 2.66. The van der Waals surface area contributed by atoms with E-state index in [1.807, 2.05) is 6.07 Å². The van der Waals surface area contributed by atoms with Crippen LogP contribution >= 0.6 is 11.6 Å². The summed E-state index contributed by atoms with van der Waals surface area (Å²) >= 11 is 5.66. The Balaban J connectivity index is 0. The van der Waals surface area contributed by atoms with Crippen molar-refractivity contribution < 1.29 is 21.7 Å². The van der Waals surface area contributed by atoms with Crippen LogP contribution in [0.3, 0.4) is 0 Å². The van der Waals surface area contributed by atoms with Crippen molar-refractivity contribution in [1.29, 1.82) is 0 Å². The average Bonchev–Trinajstić information content (AvgIpc) is 2.04. The molecule has 0 aliphatic carbocycles. The van der Waals surface area contributed by atoms with Crippen LogP contribution in [0.2, 0.25) is 5.02 Å². The molecule has 0 aromatic heterocycles. The maximum Gasteiger partial charge on any atom is 2.00 e. The van der Waals surface area contributed by atoms with Gasteiger partial charge in [-0.05, 0) is 6.42 Å². The summed E-state index contributed by atoms with van der Waals surface area (Å²) in [6, 6.07) is 8.23. The van der Waals surface area contributed by atoms with E-state index in [-0.39, 0.29) is 40.0 Å². The van der Waals surface area contributed by atoms with Crippen LogP contribution in [-0.4, -0.2) is 29.7 Å². The molecule has 1 nitrogen and oxygen atoms in total. The van der Waals surface area contributed by atoms with Crippen LogP contribution in [0.5, 0.6) is 5.75 Å². The van der Waals surface area contributed by atoms with Crippen molar-refractivity contribution in [3.63, 3.8) is 0 Å². The number of rotatable bonds is 3. The van der Waals surface area contributed by atoms with Crippen LogP contribution in [0.15, 0.2) is 18.2 Å². The molecule has 0 radical (unpaired) electrons. The van der Waals surface area contributed by atoms with E-state index in [9.17, 15) is 0 Å². The summed E-state index contributed by atoms with van der Waals surface area (Å²) in [5.41, 5.74) is 0. The van der Waals surface area contributed by atoms with Crippen LogP contribution in [0.4, 0.5) is 0 Å². The third kappa shape index (κ3) is 6.60. The summed E-state index contributed by atoms with van der Waals surface area (Å²) < 4.78 is 5.30. The van der Waals surface area contributed by atoms with E-state index in [1.54, 1.807) is 12.1 Å². The maximum atomic E-state index is 5.66. The first-order chi connectivity index (χ1) is 5.33. The number of halogens is 2. The summed E-state index contributed by atoms with van der Waals surface area (Å²) in [6.07, 6.45) is 1.01. The smallest absolute Gasteiger partial charge is 1.00 e. The first-order valence-electron chi connectivity index (χ1n) is 3.63. The molecule has 0 amide bonds. The second kappa shape index (κ2) is 9.12. The molecule has 1 rings (SSSR count). The summed E-state index contributed by atoms with van der Waals surface area (Å²) in [6.45, 7) is 2.80.